The third kappa shape index (κ3) is 3.74. The van der Waals surface area contributed by atoms with Gasteiger partial charge in [0.05, 0.1) is 7.11 Å². The van der Waals surface area contributed by atoms with Gasteiger partial charge >= 0.3 is 5.97 Å². The van der Waals surface area contributed by atoms with E-state index in [1.54, 1.807) is 24.9 Å². The van der Waals surface area contributed by atoms with Crippen molar-refractivity contribution in [1.29, 1.82) is 0 Å². The molecule has 0 unspecified atom stereocenters. The maximum Gasteiger partial charge on any atom is 0.356 e. The van der Waals surface area contributed by atoms with E-state index in [4.69, 9.17) is 9.47 Å². The van der Waals surface area contributed by atoms with Crippen LogP contribution in [0.15, 0.2) is 11.0 Å². The summed E-state index contributed by atoms with van der Waals surface area (Å²) in [6.45, 7) is 0.747. The number of carbonyl (C=O) groups excluding carboxylic acids is 2. The Morgan fingerprint density at radius 1 is 1.43 bits per heavy atom. The first-order valence-electron chi connectivity index (χ1n) is 6.69. The average molecular weight is 310 g/mol. The van der Waals surface area contributed by atoms with Crippen LogP contribution in [0, 0.1) is 0 Å². The molecule has 1 aromatic heterocycles. The summed E-state index contributed by atoms with van der Waals surface area (Å²) >= 11 is 1.64. The molecule has 1 heterocycles. The van der Waals surface area contributed by atoms with Gasteiger partial charge in [0.25, 0.3) is 0 Å². The quantitative estimate of drug-likeness (QED) is 0.612. The van der Waals surface area contributed by atoms with Crippen molar-refractivity contribution in [3.05, 3.63) is 27.9 Å². The molecule has 0 saturated carbocycles. The van der Waals surface area contributed by atoms with Crippen LogP contribution in [0.3, 0.4) is 0 Å². The number of thioether (sulfide) groups is 1. The van der Waals surface area contributed by atoms with Gasteiger partial charge in [-0.1, -0.05) is 0 Å². The number of allylic oxidation sites excluding steroid dienone is 2. The Bertz CT molecular complexity index is 565. The number of ether oxygens (including phenoxy) is 2. The van der Waals surface area contributed by atoms with Crippen molar-refractivity contribution in [2.24, 2.45) is 0 Å². The fourth-order valence-electron chi connectivity index (χ4n) is 2.10. The maximum atomic E-state index is 12.0. The second-order valence-corrected chi connectivity index (χ2v) is 5.84. The minimum Gasteiger partial charge on any atom is -0.464 e. The van der Waals surface area contributed by atoms with Crippen LogP contribution in [0.4, 0.5) is 0 Å². The van der Waals surface area contributed by atoms with E-state index in [1.807, 2.05) is 0 Å². The molecule has 1 aliphatic rings. The molecule has 1 aromatic rings. The van der Waals surface area contributed by atoms with Gasteiger partial charge in [-0.3, -0.25) is 9.89 Å². The van der Waals surface area contributed by atoms with Crippen molar-refractivity contribution in [3.63, 3.8) is 0 Å². The molecule has 1 N–H and O–H groups in total. The van der Waals surface area contributed by atoms with E-state index in [9.17, 15) is 9.59 Å². The number of unbranched alkanes of at least 4 members (excludes halogenated alkanes) is 1. The molecule has 0 amide bonds. The number of hydrogen-bond donors (Lipinski definition) is 1. The van der Waals surface area contributed by atoms with E-state index in [2.05, 4.69) is 10.2 Å². The average Bonchev–Trinajstić information content (AvgIpc) is 2.90. The number of ketones is 1. The van der Waals surface area contributed by atoms with E-state index >= 15 is 0 Å². The summed E-state index contributed by atoms with van der Waals surface area (Å²) in [5.74, 6) is 0.258. The van der Waals surface area contributed by atoms with Crippen molar-refractivity contribution >= 4 is 23.5 Å². The lowest BCUT2D eigenvalue weighted by molar-refractivity contribution is 0.0593. The smallest absolute Gasteiger partial charge is 0.356 e. The van der Waals surface area contributed by atoms with E-state index in [0.29, 0.717) is 17.7 Å². The zero-order valence-electron chi connectivity index (χ0n) is 12.1. The summed E-state index contributed by atoms with van der Waals surface area (Å²) in [6.07, 6.45) is 4.16. The summed E-state index contributed by atoms with van der Waals surface area (Å²) < 4.78 is 9.69. The van der Waals surface area contributed by atoms with Crippen LogP contribution in [0.1, 0.15) is 39.4 Å². The largest absolute Gasteiger partial charge is 0.464 e. The van der Waals surface area contributed by atoms with E-state index in [-0.39, 0.29) is 11.5 Å². The van der Waals surface area contributed by atoms with Crippen molar-refractivity contribution in [3.8, 4) is 0 Å². The molecule has 0 atom stereocenters. The number of rotatable bonds is 7. The molecule has 0 spiro atoms. The van der Waals surface area contributed by atoms with Gasteiger partial charge in [0.15, 0.2) is 0 Å². The third-order valence-electron chi connectivity index (χ3n) is 3.16. The molecule has 7 heteroatoms. The predicted molar refractivity (Wildman–Crippen MR) is 79.6 cm³/mol. The van der Waals surface area contributed by atoms with Gasteiger partial charge in [0.2, 0.25) is 5.78 Å². The number of H-pyrrole nitrogens is 1. The molecule has 2 rings (SSSR count). The summed E-state index contributed by atoms with van der Waals surface area (Å²) in [4.78, 5) is 24.6. The molecule has 114 valence electrons. The lowest BCUT2D eigenvalue weighted by Crippen LogP contribution is -2.12. The first-order chi connectivity index (χ1) is 10.2. The van der Waals surface area contributed by atoms with E-state index in [0.717, 1.165) is 30.1 Å². The topological polar surface area (TPSA) is 81.3 Å². The van der Waals surface area contributed by atoms with Gasteiger partial charge in [0.1, 0.15) is 11.4 Å². The van der Waals surface area contributed by atoms with Crippen LogP contribution in [0.2, 0.25) is 0 Å². The lowest BCUT2D eigenvalue weighted by Gasteiger charge is -2.12. The highest BCUT2D eigenvalue weighted by Crippen LogP contribution is 2.29. The predicted octanol–water partition coefficient (Wildman–Crippen LogP) is 1.98. The summed E-state index contributed by atoms with van der Waals surface area (Å²) in [7, 11) is 2.99. The molecular formula is C14H18N2O4S. The highest BCUT2D eigenvalue weighted by molar-refractivity contribution is 8.03. The van der Waals surface area contributed by atoms with Crippen LogP contribution in [0.25, 0.3) is 0 Å². The Kier molecular flexibility index (Phi) is 5.58. The van der Waals surface area contributed by atoms with Crippen LogP contribution in [-0.2, 0) is 15.9 Å². The van der Waals surface area contributed by atoms with Gasteiger partial charge in [-0.25, -0.2) is 4.79 Å². The van der Waals surface area contributed by atoms with Gasteiger partial charge < -0.3 is 9.47 Å². The monoisotopic (exact) mass is 310 g/mol. The van der Waals surface area contributed by atoms with E-state index in [1.165, 1.54) is 7.11 Å². The Labute approximate surface area is 127 Å². The Morgan fingerprint density at radius 2 is 2.24 bits per heavy atom. The Morgan fingerprint density at radius 3 is 2.95 bits per heavy atom. The number of fused-ring (bicyclic) bond motifs is 1. The van der Waals surface area contributed by atoms with Crippen LogP contribution < -0.4 is 0 Å². The van der Waals surface area contributed by atoms with Crippen molar-refractivity contribution in [1.82, 2.24) is 10.2 Å². The molecule has 21 heavy (non-hydrogen) atoms. The number of aromatic amines is 1. The first kappa shape index (κ1) is 15.8. The van der Waals surface area contributed by atoms with Crippen molar-refractivity contribution in [2.75, 3.05) is 26.6 Å². The number of carbonyl (C=O) groups is 2. The Balaban J connectivity index is 2.00. The van der Waals surface area contributed by atoms with Gasteiger partial charge in [-0.2, -0.15) is 5.10 Å². The second-order valence-electron chi connectivity index (χ2n) is 4.62. The number of nitrogens with zero attached hydrogens (tertiary/aromatic N) is 1. The normalized spacial score (nSPS) is 13.8. The summed E-state index contributed by atoms with van der Waals surface area (Å²) in [5.41, 5.74) is 1.22. The zero-order valence-corrected chi connectivity index (χ0v) is 12.9. The number of esters is 1. The van der Waals surface area contributed by atoms with Crippen LogP contribution in [-0.4, -0.2) is 48.5 Å². The second kappa shape index (κ2) is 7.42. The van der Waals surface area contributed by atoms with Gasteiger partial charge in [-0.05, 0) is 29.6 Å². The maximum absolute atomic E-state index is 12.0. The highest BCUT2D eigenvalue weighted by atomic mass is 32.2. The molecule has 0 aromatic carbocycles. The van der Waals surface area contributed by atoms with Crippen molar-refractivity contribution in [2.45, 2.75) is 19.3 Å². The molecule has 0 radical (unpaired) electrons. The minimum atomic E-state index is -0.497. The molecule has 6 nitrogen and oxygen atoms in total. The number of hydrogen-bond acceptors (Lipinski definition) is 6. The molecule has 1 aliphatic carbocycles. The number of methoxy groups -OCH3 is 2. The lowest BCUT2D eigenvalue weighted by atomic mass is 10.0. The van der Waals surface area contributed by atoms with Gasteiger partial charge in [0, 0.05) is 25.7 Å². The Hall–Kier alpha value is -1.60. The van der Waals surface area contributed by atoms with Crippen molar-refractivity contribution < 1.29 is 19.1 Å². The molecular weight excluding hydrogens is 292 g/mol. The fourth-order valence-corrected chi connectivity index (χ4v) is 3.14. The third-order valence-corrected chi connectivity index (χ3v) is 4.29. The fraction of sp³-hybridized carbons (Fsp3) is 0.500. The SMILES string of the molecule is COCCCCSC1=CC(=O)c2n[nH]c(C(=O)OC)c2C1. The summed E-state index contributed by atoms with van der Waals surface area (Å²) in [5, 5.41) is 6.51. The van der Waals surface area contributed by atoms with Crippen LogP contribution >= 0.6 is 11.8 Å². The minimum absolute atomic E-state index is 0.165. The highest BCUT2D eigenvalue weighted by Gasteiger charge is 2.27. The molecule has 0 saturated heterocycles. The molecule has 0 fully saturated rings. The summed E-state index contributed by atoms with van der Waals surface area (Å²) in [6, 6.07) is 0. The van der Waals surface area contributed by atoms with Crippen LogP contribution in [0.5, 0.6) is 0 Å². The van der Waals surface area contributed by atoms with Gasteiger partial charge in [-0.15, -0.1) is 11.8 Å². The van der Waals surface area contributed by atoms with E-state index < -0.39 is 5.97 Å². The number of nitrogens with one attached hydrogen (secondary N) is 1. The standard InChI is InChI=1S/C14H18N2O4S/c1-19-5-3-4-6-21-9-7-10-12(11(17)8-9)15-16-13(10)14(18)20-2/h8H,3-7H2,1-2H3,(H,15,16). The zero-order chi connectivity index (χ0) is 15.2. The molecule has 0 bridgehead atoms. The molecule has 0 aliphatic heterocycles. The number of aromatic nitrogens is 2. The first-order valence-corrected chi connectivity index (χ1v) is 7.68.